The summed E-state index contributed by atoms with van der Waals surface area (Å²) in [5.41, 5.74) is 1.38. The fourth-order valence-corrected chi connectivity index (χ4v) is 2.14. The van der Waals surface area contributed by atoms with E-state index in [9.17, 15) is 8.78 Å². The molecule has 0 saturated heterocycles. The van der Waals surface area contributed by atoms with Gasteiger partial charge in [-0.05, 0) is 37.6 Å². The third-order valence-electron chi connectivity index (χ3n) is 3.25. The van der Waals surface area contributed by atoms with E-state index in [0.717, 1.165) is 30.8 Å². The molecular weight excluding hydrogens is 260 g/mol. The molecule has 1 aromatic heterocycles. The van der Waals surface area contributed by atoms with Gasteiger partial charge in [-0.3, -0.25) is 4.68 Å². The van der Waals surface area contributed by atoms with Crippen molar-refractivity contribution in [3.8, 4) is 0 Å². The van der Waals surface area contributed by atoms with E-state index in [1.807, 2.05) is 17.7 Å². The lowest BCUT2D eigenvalue weighted by molar-refractivity contribution is 0.494. The number of hydrogen-bond donors (Lipinski definition) is 1. The van der Waals surface area contributed by atoms with Gasteiger partial charge < -0.3 is 5.32 Å². The summed E-state index contributed by atoms with van der Waals surface area (Å²) in [6.45, 7) is 5.33. The number of benzene rings is 1. The Morgan fingerprint density at radius 2 is 2.10 bits per heavy atom. The lowest BCUT2D eigenvalue weighted by atomic mass is 10.1. The van der Waals surface area contributed by atoms with Gasteiger partial charge in [-0.15, -0.1) is 0 Å². The minimum absolute atomic E-state index is 0.268. The molecule has 0 spiro atoms. The Bertz CT molecular complexity index is 566. The van der Waals surface area contributed by atoms with Gasteiger partial charge in [-0.1, -0.05) is 6.92 Å². The molecule has 0 radical (unpaired) electrons. The zero-order valence-electron chi connectivity index (χ0n) is 11.7. The van der Waals surface area contributed by atoms with Gasteiger partial charge in [0.2, 0.25) is 0 Å². The average Bonchev–Trinajstić information content (AvgIpc) is 2.87. The van der Waals surface area contributed by atoms with Crippen LogP contribution in [0.5, 0.6) is 0 Å². The number of nitrogens with zero attached hydrogens (tertiary/aromatic N) is 2. The van der Waals surface area contributed by atoms with Crippen molar-refractivity contribution in [3.63, 3.8) is 0 Å². The Morgan fingerprint density at radius 3 is 2.85 bits per heavy atom. The number of halogens is 2. The highest BCUT2D eigenvalue weighted by molar-refractivity contribution is 5.22. The number of hydrogen-bond acceptors (Lipinski definition) is 2. The van der Waals surface area contributed by atoms with Crippen molar-refractivity contribution >= 4 is 0 Å². The molecule has 0 aliphatic rings. The molecule has 2 aromatic rings. The normalized spacial score (nSPS) is 12.6. The Hall–Kier alpha value is -1.75. The molecule has 3 nitrogen and oxygen atoms in total. The van der Waals surface area contributed by atoms with Gasteiger partial charge in [0.05, 0.1) is 5.69 Å². The van der Waals surface area contributed by atoms with E-state index < -0.39 is 11.6 Å². The molecule has 1 aromatic carbocycles. The highest BCUT2D eigenvalue weighted by Gasteiger charge is 2.12. The Kier molecular flexibility index (Phi) is 4.84. The van der Waals surface area contributed by atoms with Gasteiger partial charge >= 0.3 is 0 Å². The molecule has 5 heteroatoms. The topological polar surface area (TPSA) is 29.9 Å². The molecule has 0 amide bonds. The highest BCUT2D eigenvalue weighted by atomic mass is 19.1. The molecule has 0 bridgehead atoms. The molecule has 20 heavy (non-hydrogen) atoms. The van der Waals surface area contributed by atoms with Crippen molar-refractivity contribution in [3.05, 3.63) is 53.4 Å². The summed E-state index contributed by atoms with van der Waals surface area (Å²) in [6, 6.07) is 5.18. The van der Waals surface area contributed by atoms with Crippen molar-refractivity contribution in [2.24, 2.45) is 0 Å². The second-order valence-electron chi connectivity index (χ2n) is 4.81. The Morgan fingerprint density at radius 1 is 1.30 bits per heavy atom. The van der Waals surface area contributed by atoms with Crippen LogP contribution in [0.3, 0.4) is 0 Å². The van der Waals surface area contributed by atoms with Crippen LogP contribution >= 0.6 is 0 Å². The van der Waals surface area contributed by atoms with Crippen molar-refractivity contribution in [1.29, 1.82) is 0 Å². The fourth-order valence-electron chi connectivity index (χ4n) is 2.14. The van der Waals surface area contributed by atoms with E-state index in [0.29, 0.717) is 12.1 Å². The molecule has 1 atom stereocenters. The largest absolute Gasteiger partial charge is 0.304 e. The maximum absolute atomic E-state index is 13.7. The maximum atomic E-state index is 13.7. The number of aromatic nitrogens is 2. The van der Waals surface area contributed by atoms with Crippen molar-refractivity contribution in [2.45, 2.75) is 39.4 Å². The molecule has 0 aliphatic heterocycles. The van der Waals surface area contributed by atoms with Gasteiger partial charge in [0.25, 0.3) is 0 Å². The standard InChI is InChI=1S/C15H19F2N3/c1-3-8-20-13(6-7-19-20)10-18-11(2)14-9-12(16)4-5-15(14)17/h4-7,9,11,18H,3,8,10H2,1-2H3. The summed E-state index contributed by atoms with van der Waals surface area (Å²) in [5.74, 6) is -0.820. The lowest BCUT2D eigenvalue weighted by Gasteiger charge is -2.15. The van der Waals surface area contributed by atoms with Crippen LogP contribution < -0.4 is 5.32 Å². The molecule has 0 aliphatic carbocycles. The fraction of sp³-hybridized carbons (Fsp3) is 0.400. The quantitative estimate of drug-likeness (QED) is 0.878. The van der Waals surface area contributed by atoms with Crippen LogP contribution in [0.4, 0.5) is 8.78 Å². The first kappa shape index (κ1) is 14.7. The van der Waals surface area contributed by atoms with Crippen molar-refractivity contribution < 1.29 is 8.78 Å². The van der Waals surface area contributed by atoms with Gasteiger partial charge in [0.15, 0.2) is 0 Å². The molecule has 0 fully saturated rings. The maximum Gasteiger partial charge on any atom is 0.128 e. The molecule has 1 heterocycles. The van der Waals surface area contributed by atoms with E-state index in [-0.39, 0.29) is 6.04 Å². The number of aryl methyl sites for hydroxylation is 1. The van der Waals surface area contributed by atoms with Gasteiger partial charge in [0, 0.05) is 30.9 Å². The van der Waals surface area contributed by atoms with Crippen LogP contribution in [0.2, 0.25) is 0 Å². The smallest absolute Gasteiger partial charge is 0.128 e. The first-order valence-corrected chi connectivity index (χ1v) is 6.80. The van der Waals surface area contributed by atoms with Crippen LogP contribution in [-0.2, 0) is 13.1 Å². The Balaban J connectivity index is 2.03. The average molecular weight is 279 g/mol. The summed E-state index contributed by atoms with van der Waals surface area (Å²) < 4.78 is 28.8. The summed E-state index contributed by atoms with van der Waals surface area (Å²) >= 11 is 0. The predicted octanol–water partition coefficient (Wildman–Crippen LogP) is 3.42. The summed E-state index contributed by atoms with van der Waals surface area (Å²) in [4.78, 5) is 0. The monoisotopic (exact) mass is 279 g/mol. The van der Waals surface area contributed by atoms with Crippen LogP contribution in [-0.4, -0.2) is 9.78 Å². The zero-order valence-corrected chi connectivity index (χ0v) is 11.7. The van der Waals surface area contributed by atoms with Crippen molar-refractivity contribution in [1.82, 2.24) is 15.1 Å². The molecular formula is C15H19F2N3. The van der Waals surface area contributed by atoms with E-state index in [1.54, 1.807) is 6.20 Å². The second-order valence-corrected chi connectivity index (χ2v) is 4.81. The number of nitrogens with one attached hydrogen (secondary N) is 1. The Labute approximate surface area is 117 Å². The zero-order chi connectivity index (χ0) is 14.5. The summed E-state index contributed by atoms with van der Waals surface area (Å²) in [5, 5.41) is 7.43. The molecule has 0 saturated carbocycles. The highest BCUT2D eigenvalue weighted by Crippen LogP contribution is 2.18. The molecule has 1 unspecified atom stereocenters. The second kappa shape index (κ2) is 6.61. The summed E-state index contributed by atoms with van der Waals surface area (Å²) in [6.07, 6.45) is 2.75. The van der Waals surface area contributed by atoms with Crippen LogP contribution in [0.15, 0.2) is 30.5 Å². The van der Waals surface area contributed by atoms with Gasteiger partial charge in [-0.25, -0.2) is 8.78 Å². The lowest BCUT2D eigenvalue weighted by Crippen LogP contribution is -2.21. The van der Waals surface area contributed by atoms with Crippen LogP contribution in [0, 0.1) is 11.6 Å². The molecule has 1 N–H and O–H groups in total. The van der Waals surface area contributed by atoms with Gasteiger partial charge in [0.1, 0.15) is 11.6 Å². The summed E-state index contributed by atoms with van der Waals surface area (Å²) in [7, 11) is 0. The third kappa shape index (κ3) is 3.42. The van der Waals surface area contributed by atoms with E-state index in [4.69, 9.17) is 0 Å². The predicted molar refractivity (Wildman–Crippen MR) is 74.1 cm³/mol. The SMILES string of the molecule is CCCn1nccc1CNC(C)c1cc(F)ccc1F. The van der Waals surface area contributed by atoms with Crippen LogP contribution in [0.1, 0.15) is 37.6 Å². The molecule has 2 rings (SSSR count). The number of rotatable bonds is 6. The minimum Gasteiger partial charge on any atom is -0.304 e. The van der Waals surface area contributed by atoms with E-state index in [2.05, 4.69) is 17.3 Å². The first-order valence-electron chi connectivity index (χ1n) is 6.80. The molecule has 108 valence electrons. The van der Waals surface area contributed by atoms with E-state index in [1.165, 1.54) is 6.07 Å². The minimum atomic E-state index is -0.425. The van der Waals surface area contributed by atoms with Crippen molar-refractivity contribution in [2.75, 3.05) is 0 Å². The first-order chi connectivity index (χ1) is 9.61. The van der Waals surface area contributed by atoms with Gasteiger partial charge in [-0.2, -0.15) is 5.10 Å². The van der Waals surface area contributed by atoms with Crippen LogP contribution in [0.25, 0.3) is 0 Å². The van der Waals surface area contributed by atoms with E-state index >= 15 is 0 Å². The third-order valence-corrected chi connectivity index (χ3v) is 3.25.